The van der Waals surface area contributed by atoms with Gasteiger partial charge in [-0.1, -0.05) is 63.1 Å². The van der Waals surface area contributed by atoms with Crippen LogP contribution in [-0.2, 0) is 12.4 Å². The molecule has 0 fully saturated rings. The Morgan fingerprint density at radius 3 is 1.51 bits per heavy atom. The molecule has 41 heavy (non-hydrogen) atoms. The van der Waals surface area contributed by atoms with Crippen LogP contribution in [0.15, 0.2) is 41.4 Å². The standard InChI is InChI=1S/C15H18F3N3O.C14H14ClF3O/c1-3-4-5-6-10-7-9(2)11(13(22)21-14(19)20)8-12(10)15(16,17)18;1-3-4-5-6-10-7-9(2)11(13(15)19)8-12(10)14(16,17)18/h5-8H,3-4H2,1-2H3,(H4,19,20,21,22);5-8H,3-4H2,1-2H3. The lowest BCUT2D eigenvalue weighted by Gasteiger charge is -2.13. The van der Waals surface area contributed by atoms with Crippen LogP contribution in [0.5, 0.6) is 0 Å². The van der Waals surface area contributed by atoms with Crippen molar-refractivity contribution >= 4 is 40.9 Å². The summed E-state index contributed by atoms with van der Waals surface area (Å²) in [5.74, 6) is -1.39. The van der Waals surface area contributed by atoms with Crippen molar-refractivity contribution in [3.05, 3.63) is 80.9 Å². The highest BCUT2D eigenvalue weighted by Gasteiger charge is 2.35. The number of aliphatic imine (C=N–C) groups is 1. The Morgan fingerprint density at radius 2 is 1.17 bits per heavy atom. The van der Waals surface area contributed by atoms with E-state index in [-0.39, 0.29) is 22.3 Å². The van der Waals surface area contributed by atoms with Crippen LogP contribution < -0.4 is 11.5 Å². The Kier molecular flexibility index (Phi) is 13.3. The summed E-state index contributed by atoms with van der Waals surface area (Å²) in [5, 5.41) is -0.882. The second-order valence-electron chi connectivity index (χ2n) is 9.00. The van der Waals surface area contributed by atoms with E-state index >= 15 is 0 Å². The minimum absolute atomic E-state index is 0.0136. The van der Waals surface area contributed by atoms with Crippen molar-refractivity contribution < 1.29 is 35.9 Å². The van der Waals surface area contributed by atoms with Gasteiger partial charge in [-0.25, -0.2) is 0 Å². The summed E-state index contributed by atoms with van der Waals surface area (Å²) in [5.41, 5.74) is 9.05. The van der Waals surface area contributed by atoms with Gasteiger partial charge in [-0.2, -0.15) is 31.3 Å². The first-order valence-corrected chi connectivity index (χ1v) is 12.9. The van der Waals surface area contributed by atoms with Crippen molar-refractivity contribution in [3.8, 4) is 0 Å². The number of allylic oxidation sites excluding steroid dienone is 2. The highest BCUT2D eigenvalue weighted by Crippen LogP contribution is 2.36. The van der Waals surface area contributed by atoms with Gasteiger partial charge in [0.05, 0.1) is 11.1 Å². The van der Waals surface area contributed by atoms with Crippen molar-refractivity contribution in [1.29, 1.82) is 0 Å². The number of nitrogens with two attached hydrogens (primary N) is 2. The number of unbranched alkanes of at least 4 members (excludes halogenated alkanes) is 2. The molecule has 0 unspecified atom stereocenters. The van der Waals surface area contributed by atoms with Gasteiger partial charge >= 0.3 is 12.4 Å². The maximum absolute atomic E-state index is 13.2. The molecular formula is C29H32ClF6N3O2. The number of carbonyl (C=O) groups is 2. The largest absolute Gasteiger partial charge is 0.417 e. The Hall–Kier alpha value is -3.60. The van der Waals surface area contributed by atoms with Crippen molar-refractivity contribution in [2.75, 3.05) is 0 Å². The number of guanidine groups is 1. The van der Waals surface area contributed by atoms with Crippen molar-refractivity contribution in [2.45, 2.75) is 65.7 Å². The zero-order chi connectivity index (χ0) is 31.5. The van der Waals surface area contributed by atoms with Crippen LogP contribution in [-0.4, -0.2) is 17.1 Å². The number of hydrogen-bond donors (Lipinski definition) is 2. The van der Waals surface area contributed by atoms with E-state index in [0.717, 1.165) is 25.0 Å². The van der Waals surface area contributed by atoms with Crippen LogP contribution in [0.25, 0.3) is 12.2 Å². The normalized spacial score (nSPS) is 11.9. The molecule has 0 bridgehead atoms. The number of nitrogens with zero attached hydrogens (tertiary/aromatic N) is 1. The summed E-state index contributed by atoms with van der Waals surface area (Å²) in [4.78, 5) is 26.2. The van der Waals surface area contributed by atoms with Gasteiger partial charge in [-0.05, 0) is 72.7 Å². The molecule has 0 atom stereocenters. The number of amides is 1. The molecule has 1 amide bonds. The van der Waals surface area contributed by atoms with Crippen molar-refractivity contribution in [1.82, 2.24) is 0 Å². The molecule has 0 aromatic heterocycles. The van der Waals surface area contributed by atoms with E-state index < -0.39 is 40.6 Å². The predicted molar refractivity (Wildman–Crippen MR) is 151 cm³/mol. The number of benzene rings is 2. The molecule has 4 N–H and O–H groups in total. The third kappa shape index (κ3) is 11.1. The molecule has 0 saturated carbocycles. The predicted octanol–water partition coefficient (Wildman–Crippen LogP) is 8.45. The molecule has 12 heteroatoms. The van der Waals surface area contributed by atoms with E-state index in [1.54, 1.807) is 19.1 Å². The highest BCUT2D eigenvalue weighted by atomic mass is 35.5. The first-order valence-electron chi connectivity index (χ1n) is 12.5. The Labute approximate surface area is 240 Å². The summed E-state index contributed by atoms with van der Waals surface area (Å²) < 4.78 is 78.3. The minimum Gasteiger partial charge on any atom is -0.370 e. The van der Waals surface area contributed by atoms with E-state index in [4.69, 9.17) is 23.1 Å². The van der Waals surface area contributed by atoms with Gasteiger partial charge in [0, 0.05) is 11.1 Å². The Morgan fingerprint density at radius 1 is 0.780 bits per heavy atom. The third-order valence-electron chi connectivity index (χ3n) is 5.58. The monoisotopic (exact) mass is 603 g/mol. The van der Waals surface area contributed by atoms with Crippen LogP contribution in [0, 0.1) is 13.8 Å². The van der Waals surface area contributed by atoms with Gasteiger partial charge < -0.3 is 11.5 Å². The molecule has 2 aromatic rings. The number of halogens is 7. The molecule has 224 valence electrons. The minimum atomic E-state index is -4.58. The molecule has 2 rings (SSSR count). The number of aryl methyl sites for hydroxylation is 2. The lowest BCUT2D eigenvalue weighted by molar-refractivity contribution is -0.138. The number of alkyl halides is 6. The lowest BCUT2D eigenvalue weighted by atomic mass is 9.97. The molecule has 2 aromatic carbocycles. The zero-order valence-corrected chi connectivity index (χ0v) is 23.8. The van der Waals surface area contributed by atoms with Crippen LogP contribution in [0.3, 0.4) is 0 Å². The van der Waals surface area contributed by atoms with E-state index in [1.807, 2.05) is 13.8 Å². The van der Waals surface area contributed by atoms with Crippen LogP contribution in [0.2, 0.25) is 0 Å². The molecule has 0 saturated heterocycles. The summed E-state index contributed by atoms with van der Waals surface area (Å²) in [6.07, 6.45) is 0.168. The topological polar surface area (TPSA) is 98.5 Å². The van der Waals surface area contributed by atoms with Gasteiger partial charge in [-0.3, -0.25) is 9.59 Å². The van der Waals surface area contributed by atoms with Gasteiger partial charge in [0.25, 0.3) is 11.1 Å². The number of rotatable bonds is 8. The maximum atomic E-state index is 13.2. The van der Waals surface area contributed by atoms with Crippen LogP contribution >= 0.6 is 11.6 Å². The maximum Gasteiger partial charge on any atom is 0.417 e. The van der Waals surface area contributed by atoms with Gasteiger partial charge in [0.2, 0.25) is 0 Å². The SMILES string of the molecule is CCCC=Cc1cc(C)c(C(=O)Cl)cc1C(F)(F)F.CCCC=Cc1cc(C)c(C(=O)N=C(N)N)cc1C(F)(F)F. The second-order valence-corrected chi connectivity index (χ2v) is 9.35. The van der Waals surface area contributed by atoms with Crippen LogP contribution in [0.1, 0.15) is 93.6 Å². The van der Waals surface area contributed by atoms with Gasteiger partial charge in [0.1, 0.15) is 0 Å². The summed E-state index contributed by atoms with van der Waals surface area (Å²) in [7, 11) is 0. The molecular weight excluding hydrogens is 572 g/mol. The number of hydrogen-bond acceptors (Lipinski definition) is 2. The quantitative estimate of drug-likeness (QED) is 0.137. The summed E-state index contributed by atoms with van der Waals surface area (Å²) >= 11 is 5.29. The fourth-order valence-electron chi connectivity index (χ4n) is 3.60. The first kappa shape index (κ1) is 35.4. The molecule has 0 heterocycles. The van der Waals surface area contributed by atoms with E-state index in [1.165, 1.54) is 31.2 Å². The molecule has 0 spiro atoms. The lowest BCUT2D eigenvalue weighted by Crippen LogP contribution is -2.24. The average Bonchev–Trinajstić information content (AvgIpc) is 2.82. The summed E-state index contributed by atoms with van der Waals surface area (Å²) in [6.45, 7) is 6.96. The van der Waals surface area contributed by atoms with Gasteiger partial charge in [0.15, 0.2) is 5.96 Å². The average molecular weight is 604 g/mol. The zero-order valence-electron chi connectivity index (χ0n) is 23.0. The van der Waals surface area contributed by atoms with Crippen molar-refractivity contribution in [3.63, 3.8) is 0 Å². The fourth-order valence-corrected chi connectivity index (χ4v) is 3.80. The van der Waals surface area contributed by atoms with Gasteiger partial charge in [-0.15, -0.1) is 0 Å². The smallest absolute Gasteiger partial charge is 0.370 e. The molecule has 0 radical (unpaired) electrons. The van der Waals surface area contributed by atoms with E-state index in [0.29, 0.717) is 24.0 Å². The molecule has 0 aliphatic rings. The fraction of sp³-hybridized carbons (Fsp3) is 0.345. The summed E-state index contributed by atoms with van der Waals surface area (Å²) in [6, 6.07) is 4.25. The van der Waals surface area contributed by atoms with Crippen LogP contribution in [0.4, 0.5) is 26.3 Å². The molecule has 5 nitrogen and oxygen atoms in total. The van der Waals surface area contributed by atoms with E-state index in [9.17, 15) is 35.9 Å². The van der Waals surface area contributed by atoms with E-state index in [2.05, 4.69) is 4.99 Å². The highest BCUT2D eigenvalue weighted by molar-refractivity contribution is 6.67. The third-order valence-corrected chi connectivity index (χ3v) is 5.79. The van der Waals surface area contributed by atoms with Crippen molar-refractivity contribution in [2.24, 2.45) is 16.5 Å². The molecule has 0 aliphatic carbocycles. The molecule has 0 aliphatic heterocycles. The Balaban J connectivity index is 0.000000414. The number of carbonyl (C=O) groups excluding carboxylic acids is 2. The second kappa shape index (κ2) is 15.4. The first-order chi connectivity index (χ1) is 18.9. The Bertz CT molecular complexity index is 1330.